The number of hydrogen-bond donors (Lipinski definition) is 0. The number of urea groups is 1. The number of rotatable bonds is 5. The van der Waals surface area contributed by atoms with E-state index in [-0.39, 0.29) is 11.6 Å². The molecule has 0 bridgehead atoms. The summed E-state index contributed by atoms with van der Waals surface area (Å²) in [5.74, 6) is 0.784. The highest BCUT2D eigenvalue weighted by Gasteiger charge is 2.40. The van der Waals surface area contributed by atoms with Crippen molar-refractivity contribution in [2.24, 2.45) is 0 Å². The summed E-state index contributed by atoms with van der Waals surface area (Å²) in [6.07, 6.45) is 4.94. The number of anilines is 1. The van der Waals surface area contributed by atoms with E-state index >= 15 is 0 Å². The minimum Gasteiger partial charge on any atom is -0.320 e. The van der Waals surface area contributed by atoms with Crippen molar-refractivity contribution in [3.05, 3.63) is 64.7 Å². The molecular formula is C24H26N4O2. The van der Waals surface area contributed by atoms with Crippen molar-refractivity contribution in [1.29, 1.82) is 0 Å². The Morgan fingerprint density at radius 2 is 1.80 bits per heavy atom. The lowest BCUT2D eigenvalue weighted by molar-refractivity contribution is 0.219. The molecule has 3 heterocycles. The average molecular weight is 402 g/mol. The Bertz CT molecular complexity index is 1150. The maximum absolute atomic E-state index is 13.3. The van der Waals surface area contributed by atoms with Gasteiger partial charge >= 0.3 is 6.03 Å². The quantitative estimate of drug-likeness (QED) is 0.645. The maximum atomic E-state index is 13.3. The van der Waals surface area contributed by atoms with Gasteiger partial charge in [-0.3, -0.25) is 14.3 Å². The van der Waals surface area contributed by atoms with Gasteiger partial charge in [0.25, 0.3) is 5.56 Å². The molecule has 0 spiro atoms. The predicted octanol–water partition coefficient (Wildman–Crippen LogP) is 4.13. The molecule has 3 aromatic rings. The van der Waals surface area contributed by atoms with Crippen LogP contribution >= 0.6 is 0 Å². The Balaban J connectivity index is 1.53. The van der Waals surface area contributed by atoms with Gasteiger partial charge < -0.3 is 4.90 Å². The number of hydrogen-bond acceptors (Lipinski definition) is 3. The zero-order valence-corrected chi connectivity index (χ0v) is 17.3. The molecular weight excluding hydrogens is 376 g/mol. The van der Waals surface area contributed by atoms with E-state index in [1.807, 2.05) is 58.3 Å². The molecule has 0 saturated carbocycles. The topological polar surface area (TPSA) is 58.4 Å². The van der Waals surface area contributed by atoms with E-state index in [1.54, 1.807) is 4.57 Å². The van der Waals surface area contributed by atoms with E-state index in [2.05, 4.69) is 6.92 Å². The Morgan fingerprint density at radius 1 is 1.03 bits per heavy atom. The van der Waals surface area contributed by atoms with E-state index in [4.69, 9.17) is 4.98 Å². The highest BCUT2D eigenvalue weighted by Crippen LogP contribution is 2.30. The van der Waals surface area contributed by atoms with Crippen molar-refractivity contribution in [2.75, 3.05) is 18.0 Å². The van der Waals surface area contributed by atoms with Crippen LogP contribution in [-0.4, -0.2) is 39.6 Å². The van der Waals surface area contributed by atoms with Crippen LogP contribution in [0.4, 0.5) is 10.5 Å². The van der Waals surface area contributed by atoms with E-state index in [0.29, 0.717) is 11.4 Å². The lowest BCUT2D eigenvalue weighted by Gasteiger charge is -2.18. The molecule has 0 unspecified atom stereocenters. The molecule has 5 rings (SSSR count). The summed E-state index contributed by atoms with van der Waals surface area (Å²) < 4.78 is 1.73. The van der Waals surface area contributed by atoms with Gasteiger partial charge in [0.2, 0.25) is 0 Å². The molecule has 1 aromatic heterocycles. The van der Waals surface area contributed by atoms with E-state index in [1.165, 1.54) is 0 Å². The average Bonchev–Trinajstić information content (AvgIpc) is 3.36. The third-order valence-corrected chi connectivity index (χ3v) is 6.27. The third kappa shape index (κ3) is 3.07. The molecule has 2 aliphatic heterocycles. The number of amides is 2. The van der Waals surface area contributed by atoms with Crippen molar-refractivity contribution in [2.45, 2.75) is 45.1 Å². The van der Waals surface area contributed by atoms with Crippen molar-refractivity contribution in [3.8, 4) is 5.69 Å². The Morgan fingerprint density at radius 3 is 2.57 bits per heavy atom. The number of aromatic nitrogens is 2. The summed E-state index contributed by atoms with van der Waals surface area (Å²) >= 11 is 0. The third-order valence-electron chi connectivity index (χ3n) is 6.27. The largest absolute Gasteiger partial charge is 0.324 e. The highest BCUT2D eigenvalue weighted by atomic mass is 16.2. The Kier molecular flexibility index (Phi) is 4.77. The van der Waals surface area contributed by atoms with Gasteiger partial charge in [0.05, 0.1) is 22.6 Å². The van der Waals surface area contributed by atoms with Crippen LogP contribution in [0.15, 0.2) is 53.3 Å². The second-order valence-electron chi connectivity index (χ2n) is 8.19. The monoisotopic (exact) mass is 402 g/mol. The zero-order chi connectivity index (χ0) is 20.7. The van der Waals surface area contributed by atoms with Gasteiger partial charge in [-0.2, -0.15) is 0 Å². The van der Waals surface area contributed by atoms with Crippen LogP contribution in [0, 0.1) is 0 Å². The molecule has 2 aromatic carbocycles. The van der Waals surface area contributed by atoms with Gasteiger partial charge in [-0.1, -0.05) is 25.5 Å². The van der Waals surface area contributed by atoms with Crippen LogP contribution in [0.5, 0.6) is 0 Å². The lowest BCUT2D eigenvalue weighted by Crippen LogP contribution is -2.31. The molecule has 2 aliphatic rings. The standard InChI is InChI=1S/C24H26N4O2/c1-2-3-10-22-25-21-9-5-4-8-20(21)23(29)28(22)18-13-11-17(12-14-18)27-16-19-7-6-15-26(19)24(27)30/h4-5,8-9,11-14,19H,2-3,6-7,10,15-16H2,1H3/t19-/m0/s1. The first-order valence-corrected chi connectivity index (χ1v) is 10.9. The van der Waals surface area contributed by atoms with Crippen LogP contribution in [0.2, 0.25) is 0 Å². The number of para-hydroxylation sites is 1. The van der Waals surface area contributed by atoms with Gasteiger partial charge in [-0.15, -0.1) is 0 Å². The van der Waals surface area contributed by atoms with Gasteiger partial charge in [0, 0.05) is 25.2 Å². The molecule has 6 heteroatoms. The fourth-order valence-corrected chi connectivity index (χ4v) is 4.67. The fourth-order valence-electron chi connectivity index (χ4n) is 4.67. The van der Waals surface area contributed by atoms with Crippen molar-refractivity contribution in [3.63, 3.8) is 0 Å². The minimum atomic E-state index is -0.0441. The summed E-state index contributed by atoms with van der Waals surface area (Å²) in [6, 6.07) is 15.7. The molecule has 0 N–H and O–H groups in total. The fraction of sp³-hybridized carbons (Fsp3) is 0.375. The van der Waals surface area contributed by atoms with E-state index < -0.39 is 0 Å². The normalized spacial score (nSPS) is 18.4. The molecule has 154 valence electrons. The second-order valence-corrected chi connectivity index (χ2v) is 8.19. The summed E-state index contributed by atoms with van der Waals surface area (Å²) in [7, 11) is 0. The summed E-state index contributed by atoms with van der Waals surface area (Å²) in [6.45, 7) is 3.74. The molecule has 0 aliphatic carbocycles. The van der Waals surface area contributed by atoms with Crippen LogP contribution in [0.3, 0.4) is 0 Å². The number of fused-ring (bicyclic) bond motifs is 2. The van der Waals surface area contributed by atoms with Crippen LogP contribution in [-0.2, 0) is 6.42 Å². The summed E-state index contributed by atoms with van der Waals surface area (Å²) in [4.78, 5) is 34.6. The first-order valence-electron chi connectivity index (χ1n) is 10.9. The molecule has 2 saturated heterocycles. The molecule has 1 atom stereocenters. The maximum Gasteiger partial charge on any atom is 0.324 e. The van der Waals surface area contributed by atoms with Gasteiger partial charge in [-0.05, 0) is 55.7 Å². The zero-order valence-electron chi connectivity index (χ0n) is 17.3. The van der Waals surface area contributed by atoms with E-state index in [9.17, 15) is 9.59 Å². The highest BCUT2D eigenvalue weighted by molar-refractivity contribution is 5.95. The number of carbonyl (C=O) groups is 1. The number of benzene rings is 2. The summed E-state index contributed by atoms with van der Waals surface area (Å²) in [5, 5.41) is 0.622. The summed E-state index contributed by atoms with van der Waals surface area (Å²) in [5.41, 5.74) is 2.37. The van der Waals surface area contributed by atoms with Gasteiger partial charge in [0.1, 0.15) is 5.82 Å². The first-order chi connectivity index (χ1) is 14.7. The second kappa shape index (κ2) is 7.59. The SMILES string of the molecule is CCCCc1nc2ccccc2c(=O)n1-c1ccc(N2C[C@@H]3CCCN3C2=O)cc1. The van der Waals surface area contributed by atoms with Crippen molar-refractivity contribution in [1.82, 2.24) is 14.5 Å². The predicted molar refractivity (Wildman–Crippen MR) is 118 cm³/mol. The smallest absolute Gasteiger partial charge is 0.320 e. The van der Waals surface area contributed by atoms with Gasteiger partial charge in [0.15, 0.2) is 0 Å². The number of unbranched alkanes of at least 4 members (excludes halogenated alkanes) is 1. The number of carbonyl (C=O) groups excluding carboxylic acids is 1. The van der Waals surface area contributed by atoms with Crippen molar-refractivity contribution >= 4 is 22.6 Å². The van der Waals surface area contributed by atoms with Crippen LogP contribution < -0.4 is 10.5 Å². The van der Waals surface area contributed by atoms with Crippen LogP contribution in [0.25, 0.3) is 16.6 Å². The lowest BCUT2D eigenvalue weighted by atomic mass is 10.2. The molecule has 30 heavy (non-hydrogen) atoms. The molecule has 6 nitrogen and oxygen atoms in total. The molecule has 2 fully saturated rings. The Hall–Kier alpha value is -3.15. The van der Waals surface area contributed by atoms with E-state index in [0.717, 1.165) is 67.9 Å². The number of aryl methyl sites for hydroxylation is 1. The first kappa shape index (κ1) is 18.9. The number of nitrogens with zero attached hydrogens (tertiary/aromatic N) is 4. The van der Waals surface area contributed by atoms with Crippen molar-refractivity contribution < 1.29 is 4.79 Å². The molecule has 0 radical (unpaired) electrons. The van der Waals surface area contributed by atoms with Crippen LogP contribution in [0.1, 0.15) is 38.4 Å². The molecule has 2 amide bonds. The van der Waals surface area contributed by atoms with Gasteiger partial charge in [-0.25, -0.2) is 9.78 Å². The Labute approximate surface area is 175 Å². The minimum absolute atomic E-state index is 0.0441.